The second-order valence-corrected chi connectivity index (χ2v) is 6.40. The van der Waals surface area contributed by atoms with E-state index in [0.717, 1.165) is 0 Å². The molecular weight excluding hydrogens is 336 g/mol. The first kappa shape index (κ1) is 17.9. The van der Waals surface area contributed by atoms with Crippen molar-refractivity contribution in [1.29, 1.82) is 0 Å². The molecule has 2 saturated heterocycles. The number of carbonyl (C=O) groups excluding carboxylic acids is 4. The van der Waals surface area contributed by atoms with Gasteiger partial charge in [-0.25, -0.2) is 5.01 Å². The van der Waals surface area contributed by atoms with Crippen molar-refractivity contribution >= 4 is 23.6 Å². The van der Waals surface area contributed by atoms with E-state index in [-0.39, 0.29) is 30.6 Å². The number of likely N-dealkylation sites (N-methyl/N-ethyl adjacent to an activating group) is 1. The minimum absolute atomic E-state index is 0.141. The number of nitrogens with zero attached hydrogens (tertiary/aromatic N) is 2. The lowest BCUT2D eigenvalue weighted by Gasteiger charge is -2.42. The van der Waals surface area contributed by atoms with Crippen LogP contribution in [0.25, 0.3) is 0 Å². The lowest BCUT2D eigenvalue weighted by Crippen LogP contribution is -2.63. The second-order valence-electron chi connectivity index (χ2n) is 6.40. The minimum atomic E-state index is -0.845. The maximum absolute atomic E-state index is 13.1. The molecule has 0 aromatic heterocycles. The Morgan fingerprint density at radius 1 is 1.12 bits per heavy atom. The highest BCUT2D eigenvalue weighted by atomic mass is 16.2. The van der Waals surface area contributed by atoms with E-state index in [1.54, 1.807) is 30.3 Å². The topological polar surface area (TPSA) is 98.8 Å². The van der Waals surface area contributed by atoms with Gasteiger partial charge < -0.3 is 10.6 Å². The number of hydrogen-bond donors (Lipinski definition) is 2. The van der Waals surface area contributed by atoms with E-state index in [1.165, 1.54) is 17.1 Å². The van der Waals surface area contributed by atoms with Crippen LogP contribution in [0, 0.1) is 0 Å². The molecule has 2 aliphatic heterocycles. The highest BCUT2D eigenvalue weighted by Gasteiger charge is 2.44. The fraction of sp³-hybridized carbons (Fsp3) is 0.444. The van der Waals surface area contributed by atoms with Crippen LogP contribution < -0.4 is 10.6 Å². The molecule has 3 rings (SSSR count). The molecule has 0 spiro atoms. The quantitative estimate of drug-likeness (QED) is 0.798. The maximum atomic E-state index is 13.1. The molecule has 4 amide bonds. The Morgan fingerprint density at radius 2 is 1.85 bits per heavy atom. The van der Waals surface area contributed by atoms with Crippen molar-refractivity contribution in [2.45, 2.75) is 37.8 Å². The molecule has 0 bridgehead atoms. The van der Waals surface area contributed by atoms with Crippen LogP contribution >= 0.6 is 0 Å². The van der Waals surface area contributed by atoms with Crippen LogP contribution in [-0.2, 0) is 14.4 Å². The van der Waals surface area contributed by atoms with Crippen molar-refractivity contribution in [1.82, 2.24) is 20.7 Å². The second kappa shape index (κ2) is 7.55. The molecule has 8 heteroatoms. The smallest absolute Gasteiger partial charge is 0.264 e. The molecule has 2 fully saturated rings. The predicted octanol–water partition coefficient (Wildman–Crippen LogP) is 0.0594. The molecular formula is C18H22N4O4. The van der Waals surface area contributed by atoms with Gasteiger partial charge in [-0.3, -0.25) is 24.2 Å². The van der Waals surface area contributed by atoms with Gasteiger partial charge in [0.25, 0.3) is 11.8 Å². The third-order valence-corrected chi connectivity index (χ3v) is 4.75. The Labute approximate surface area is 151 Å². The number of rotatable bonds is 3. The van der Waals surface area contributed by atoms with E-state index in [9.17, 15) is 19.2 Å². The van der Waals surface area contributed by atoms with Gasteiger partial charge in [0.15, 0.2) is 0 Å². The average molecular weight is 358 g/mol. The summed E-state index contributed by atoms with van der Waals surface area (Å²) in [6, 6.07) is 7.00. The van der Waals surface area contributed by atoms with Crippen molar-refractivity contribution in [3.05, 3.63) is 35.9 Å². The van der Waals surface area contributed by atoms with Crippen LogP contribution in [0.15, 0.2) is 30.3 Å². The zero-order valence-electron chi connectivity index (χ0n) is 14.6. The predicted molar refractivity (Wildman–Crippen MR) is 92.6 cm³/mol. The molecule has 0 radical (unpaired) electrons. The van der Waals surface area contributed by atoms with Gasteiger partial charge in [0.1, 0.15) is 12.1 Å². The number of benzene rings is 1. The van der Waals surface area contributed by atoms with Crippen molar-refractivity contribution in [3.63, 3.8) is 0 Å². The molecule has 2 heterocycles. The molecule has 8 nitrogen and oxygen atoms in total. The van der Waals surface area contributed by atoms with E-state index < -0.39 is 18.0 Å². The molecule has 1 aromatic carbocycles. The fourth-order valence-corrected chi connectivity index (χ4v) is 3.40. The molecule has 138 valence electrons. The Morgan fingerprint density at radius 3 is 2.54 bits per heavy atom. The van der Waals surface area contributed by atoms with E-state index in [4.69, 9.17) is 0 Å². The third kappa shape index (κ3) is 3.40. The average Bonchev–Trinajstić information content (AvgIpc) is 2.80. The minimum Gasteiger partial charge on any atom is -0.357 e. The summed E-state index contributed by atoms with van der Waals surface area (Å²) in [6.07, 6.45) is 1.48. The Hall–Kier alpha value is -2.90. The van der Waals surface area contributed by atoms with Crippen LogP contribution in [0.5, 0.6) is 0 Å². The summed E-state index contributed by atoms with van der Waals surface area (Å²) in [4.78, 5) is 50.1. The number of amides is 4. The van der Waals surface area contributed by atoms with Crippen molar-refractivity contribution in [3.8, 4) is 0 Å². The summed E-state index contributed by atoms with van der Waals surface area (Å²) in [5, 5.41) is 7.87. The van der Waals surface area contributed by atoms with Gasteiger partial charge in [-0.1, -0.05) is 18.2 Å². The Bertz CT molecular complexity index is 721. The van der Waals surface area contributed by atoms with Gasteiger partial charge in [-0.15, -0.1) is 0 Å². The molecule has 26 heavy (non-hydrogen) atoms. The monoisotopic (exact) mass is 358 g/mol. The van der Waals surface area contributed by atoms with E-state index in [0.29, 0.717) is 24.9 Å². The first-order valence-electron chi connectivity index (χ1n) is 8.73. The molecule has 1 unspecified atom stereocenters. The van der Waals surface area contributed by atoms with Crippen LogP contribution in [0.3, 0.4) is 0 Å². The zero-order valence-corrected chi connectivity index (χ0v) is 14.6. The summed E-state index contributed by atoms with van der Waals surface area (Å²) in [5.74, 6) is -1.32. The first-order chi connectivity index (χ1) is 12.5. The molecule has 2 atom stereocenters. The maximum Gasteiger partial charge on any atom is 0.264 e. The Balaban J connectivity index is 1.84. The van der Waals surface area contributed by atoms with Gasteiger partial charge in [0.2, 0.25) is 11.8 Å². The fourth-order valence-electron chi connectivity index (χ4n) is 3.40. The summed E-state index contributed by atoms with van der Waals surface area (Å²) < 4.78 is 0. The molecule has 2 aliphatic rings. The molecule has 1 aromatic rings. The molecule has 0 saturated carbocycles. The number of hydrogen-bond acceptors (Lipinski definition) is 4. The van der Waals surface area contributed by atoms with Crippen LogP contribution in [0.2, 0.25) is 0 Å². The van der Waals surface area contributed by atoms with Crippen molar-refractivity contribution in [2.75, 3.05) is 13.6 Å². The largest absolute Gasteiger partial charge is 0.357 e. The Kier molecular flexibility index (Phi) is 5.20. The molecule has 0 aliphatic carbocycles. The van der Waals surface area contributed by atoms with Gasteiger partial charge in [0.05, 0.1) is 0 Å². The van der Waals surface area contributed by atoms with Gasteiger partial charge in [-0.2, -0.15) is 0 Å². The zero-order chi connectivity index (χ0) is 18.7. The third-order valence-electron chi connectivity index (χ3n) is 4.75. The van der Waals surface area contributed by atoms with Crippen LogP contribution in [-0.4, -0.2) is 59.3 Å². The highest BCUT2D eigenvalue weighted by Crippen LogP contribution is 2.25. The summed E-state index contributed by atoms with van der Waals surface area (Å²) in [7, 11) is 1.50. The van der Waals surface area contributed by atoms with E-state index in [1.807, 2.05) is 0 Å². The van der Waals surface area contributed by atoms with Gasteiger partial charge >= 0.3 is 0 Å². The number of carbonyl (C=O) groups is 4. The van der Waals surface area contributed by atoms with Crippen LogP contribution in [0.1, 0.15) is 36.0 Å². The lowest BCUT2D eigenvalue weighted by molar-refractivity contribution is -0.175. The number of hydrazine groups is 1. The number of fused-ring (bicyclic) bond motifs is 1. The van der Waals surface area contributed by atoms with Gasteiger partial charge in [0, 0.05) is 25.6 Å². The van der Waals surface area contributed by atoms with Gasteiger partial charge in [-0.05, 0) is 31.4 Å². The first-order valence-corrected chi connectivity index (χ1v) is 8.73. The summed E-state index contributed by atoms with van der Waals surface area (Å²) >= 11 is 0. The summed E-state index contributed by atoms with van der Waals surface area (Å²) in [5.41, 5.74) is 0.439. The highest BCUT2D eigenvalue weighted by molar-refractivity contribution is 5.99. The lowest BCUT2D eigenvalue weighted by atomic mass is 10.1. The van der Waals surface area contributed by atoms with E-state index in [2.05, 4.69) is 10.6 Å². The number of nitrogens with one attached hydrogen (secondary N) is 2. The SMILES string of the molecule is CNC(=O)[C@@H]1CCCN2C(=O)CCC(NC(=O)c3ccccc3)C(=O)N12. The summed E-state index contributed by atoms with van der Waals surface area (Å²) in [6.45, 7) is 0.400. The standard InChI is InChI=1S/C18H22N4O4/c1-19-17(25)14-8-5-11-21-15(23)10-9-13(18(26)22(14)21)20-16(24)12-6-3-2-4-7-12/h2-4,6-7,13-14H,5,8-11H2,1H3,(H,19,25)(H,20,24)/t13?,14-/m0/s1. The van der Waals surface area contributed by atoms with Crippen LogP contribution in [0.4, 0.5) is 0 Å². The van der Waals surface area contributed by atoms with Crippen molar-refractivity contribution in [2.24, 2.45) is 0 Å². The van der Waals surface area contributed by atoms with E-state index >= 15 is 0 Å². The van der Waals surface area contributed by atoms with Crippen molar-refractivity contribution < 1.29 is 19.2 Å². The normalized spacial score (nSPS) is 23.1. The molecule has 2 N–H and O–H groups in total.